The number of nitrogens with zero attached hydrogens (tertiary/aromatic N) is 1. The van der Waals surface area contributed by atoms with Crippen molar-refractivity contribution in [3.8, 4) is 0 Å². The number of thioether (sulfide) groups is 1. The highest BCUT2D eigenvalue weighted by Crippen LogP contribution is 2.39. The van der Waals surface area contributed by atoms with Gasteiger partial charge in [0, 0.05) is 16.3 Å². The van der Waals surface area contributed by atoms with Crippen molar-refractivity contribution in [1.29, 1.82) is 0 Å². The maximum absolute atomic E-state index is 6.01. The van der Waals surface area contributed by atoms with Gasteiger partial charge in [0.05, 0.1) is 10.2 Å². The molecule has 0 atom stereocenters. The largest absolute Gasteiger partial charge is 0.360 e. The second-order valence-corrected chi connectivity index (χ2v) is 8.17. The monoisotopic (exact) mass is 326 g/mol. The summed E-state index contributed by atoms with van der Waals surface area (Å²) in [4.78, 5) is 4.64. The number of fused-ring (bicyclic) bond motifs is 1. The molecule has 0 spiro atoms. The summed E-state index contributed by atoms with van der Waals surface area (Å²) in [6, 6.07) is 5.91. The van der Waals surface area contributed by atoms with E-state index in [1.165, 1.54) is 36.8 Å². The third-order valence-corrected chi connectivity index (χ3v) is 6.76. The molecule has 0 aliphatic heterocycles. The van der Waals surface area contributed by atoms with Crippen LogP contribution in [0.25, 0.3) is 10.2 Å². The van der Waals surface area contributed by atoms with Crippen molar-refractivity contribution in [2.75, 3.05) is 18.1 Å². The van der Waals surface area contributed by atoms with Gasteiger partial charge in [0.2, 0.25) is 0 Å². The maximum Gasteiger partial charge on any atom is 0.183 e. The van der Waals surface area contributed by atoms with Gasteiger partial charge in [-0.2, -0.15) is 11.8 Å². The fourth-order valence-electron chi connectivity index (χ4n) is 2.86. The van der Waals surface area contributed by atoms with Crippen molar-refractivity contribution in [2.24, 2.45) is 0 Å². The SMILES string of the molecule is CSC1(CNc2nc3cc(Cl)ccc3s2)CCCCC1. The smallest absolute Gasteiger partial charge is 0.183 e. The normalized spacial score (nSPS) is 18.3. The van der Waals surface area contributed by atoms with E-state index in [4.69, 9.17) is 11.6 Å². The minimum absolute atomic E-state index is 0.397. The second kappa shape index (κ2) is 6.12. The molecule has 0 unspecified atom stereocenters. The summed E-state index contributed by atoms with van der Waals surface area (Å²) in [5.41, 5.74) is 0.992. The molecule has 1 N–H and O–H groups in total. The van der Waals surface area contributed by atoms with Gasteiger partial charge >= 0.3 is 0 Å². The lowest BCUT2D eigenvalue weighted by Crippen LogP contribution is -2.35. The topological polar surface area (TPSA) is 24.9 Å². The molecular weight excluding hydrogens is 308 g/mol. The number of hydrogen-bond donors (Lipinski definition) is 1. The molecule has 0 bridgehead atoms. The molecule has 2 nitrogen and oxygen atoms in total. The summed E-state index contributed by atoms with van der Waals surface area (Å²) >= 11 is 9.74. The maximum atomic E-state index is 6.01. The van der Waals surface area contributed by atoms with Crippen LogP contribution in [0.4, 0.5) is 5.13 Å². The van der Waals surface area contributed by atoms with E-state index < -0.39 is 0 Å². The number of anilines is 1. The lowest BCUT2D eigenvalue weighted by atomic mass is 9.88. The van der Waals surface area contributed by atoms with E-state index in [0.29, 0.717) is 4.75 Å². The molecule has 0 saturated heterocycles. The number of aromatic nitrogens is 1. The minimum atomic E-state index is 0.397. The molecule has 1 fully saturated rings. The number of rotatable bonds is 4. The Morgan fingerprint density at radius 1 is 1.35 bits per heavy atom. The van der Waals surface area contributed by atoms with E-state index >= 15 is 0 Å². The Labute approximate surface area is 133 Å². The summed E-state index contributed by atoms with van der Waals surface area (Å²) in [5.74, 6) is 0. The van der Waals surface area contributed by atoms with Gasteiger partial charge in [-0.3, -0.25) is 0 Å². The van der Waals surface area contributed by atoms with Crippen LogP contribution in [-0.2, 0) is 0 Å². The quantitative estimate of drug-likeness (QED) is 0.811. The van der Waals surface area contributed by atoms with Gasteiger partial charge in [0.15, 0.2) is 5.13 Å². The van der Waals surface area contributed by atoms with Crippen LogP contribution in [0, 0.1) is 0 Å². The van der Waals surface area contributed by atoms with Crippen molar-refractivity contribution >= 4 is 50.0 Å². The predicted molar refractivity (Wildman–Crippen MR) is 92.5 cm³/mol. The van der Waals surface area contributed by atoms with Gasteiger partial charge in [0.1, 0.15) is 0 Å². The first-order valence-corrected chi connectivity index (χ1v) is 9.48. The molecule has 1 aliphatic rings. The van der Waals surface area contributed by atoms with E-state index in [-0.39, 0.29) is 0 Å². The second-order valence-electron chi connectivity index (χ2n) is 5.43. The molecule has 0 amide bonds. The highest BCUT2D eigenvalue weighted by molar-refractivity contribution is 8.00. The van der Waals surface area contributed by atoms with Crippen LogP contribution in [0.1, 0.15) is 32.1 Å². The zero-order valence-corrected chi connectivity index (χ0v) is 14.0. The fourth-order valence-corrected chi connectivity index (χ4v) is 4.78. The van der Waals surface area contributed by atoms with Gasteiger partial charge < -0.3 is 5.32 Å². The highest BCUT2D eigenvalue weighted by Gasteiger charge is 2.31. The fraction of sp³-hybridized carbons (Fsp3) is 0.533. The van der Waals surface area contributed by atoms with Gasteiger partial charge in [-0.1, -0.05) is 42.2 Å². The number of hydrogen-bond acceptors (Lipinski definition) is 4. The van der Waals surface area contributed by atoms with E-state index in [9.17, 15) is 0 Å². The zero-order valence-electron chi connectivity index (χ0n) is 11.6. The molecule has 20 heavy (non-hydrogen) atoms. The van der Waals surface area contributed by atoms with Crippen molar-refractivity contribution in [3.63, 3.8) is 0 Å². The van der Waals surface area contributed by atoms with Crippen LogP contribution in [0.2, 0.25) is 5.02 Å². The number of nitrogens with one attached hydrogen (secondary N) is 1. The Hall–Kier alpha value is -0.450. The van der Waals surface area contributed by atoms with Crippen LogP contribution < -0.4 is 5.32 Å². The van der Waals surface area contributed by atoms with Gasteiger partial charge in [-0.25, -0.2) is 4.98 Å². The van der Waals surface area contributed by atoms with Crippen LogP contribution in [0.5, 0.6) is 0 Å². The Bertz CT molecular complexity index is 591. The molecule has 1 aromatic carbocycles. The number of thiazole rings is 1. The lowest BCUT2D eigenvalue weighted by molar-refractivity contribution is 0.411. The van der Waals surface area contributed by atoms with Crippen molar-refractivity contribution < 1.29 is 0 Å². The van der Waals surface area contributed by atoms with Crippen molar-refractivity contribution in [1.82, 2.24) is 4.98 Å². The van der Waals surface area contributed by atoms with Crippen molar-refractivity contribution in [2.45, 2.75) is 36.9 Å². The Kier molecular flexibility index (Phi) is 4.43. The first-order valence-electron chi connectivity index (χ1n) is 7.06. The van der Waals surface area contributed by atoms with E-state index in [2.05, 4.69) is 16.6 Å². The average Bonchev–Trinajstić information content (AvgIpc) is 2.88. The molecule has 1 aliphatic carbocycles. The van der Waals surface area contributed by atoms with Gasteiger partial charge in [-0.15, -0.1) is 0 Å². The molecule has 108 valence electrons. The standard InChI is InChI=1S/C15H19ClN2S2/c1-19-15(7-3-2-4-8-15)10-17-14-18-12-9-11(16)5-6-13(12)20-14/h5-6,9H,2-4,7-8,10H2,1H3,(H,17,18). The number of halogens is 1. The average molecular weight is 327 g/mol. The molecule has 1 aromatic heterocycles. The van der Waals surface area contributed by atoms with Crippen LogP contribution >= 0.6 is 34.7 Å². The highest BCUT2D eigenvalue weighted by atomic mass is 35.5. The summed E-state index contributed by atoms with van der Waals surface area (Å²) in [6.07, 6.45) is 8.98. The third kappa shape index (κ3) is 3.07. The number of benzene rings is 1. The molecule has 2 aromatic rings. The Balaban J connectivity index is 1.72. The molecule has 1 heterocycles. The summed E-state index contributed by atoms with van der Waals surface area (Å²) in [6.45, 7) is 1.02. The first-order chi connectivity index (χ1) is 9.71. The lowest BCUT2D eigenvalue weighted by Gasteiger charge is -2.35. The third-order valence-electron chi connectivity index (χ3n) is 4.11. The van der Waals surface area contributed by atoms with Crippen LogP contribution in [-0.4, -0.2) is 22.5 Å². The summed E-state index contributed by atoms with van der Waals surface area (Å²) in [5, 5.41) is 5.33. The first kappa shape index (κ1) is 14.5. The molecule has 1 saturated carbocycles. The van der Waals surface area contributed by atoms with E-state index in [1.807, 2.05) is 30.0 Å². The molecule has 5 heteroatoms. The Morgan fingerprint density at radius 2 is 2.15 bits per heavy atom. The molecule has 3 rings (SSSR count). The molecule has 0 radical (unpaired) electrons. The van der Waals surface area contributed by atoms with E-state index in [1.54, 1.807) is 11.3 Å². The Morgan fingerprint density at radius 3 is 2.90 bits per heavy atom. The summed E-state index contributed by atoms with van der Waals surface area (Å²) < 4.78 is 1.59. The van der Waals surface area contributed by atoms with Gasteiger partial charge in [-0.05, 0) is 37.3 Å². The van der Waals surface area contributed by atoms with Crippen LogP contribution in [0.15, 0.2) is 18.2 Å². The van der Waals surface area contributed by atoms with Crippen LogP contribution in [0.3, 0.4) is 0 Å². The molecular formula is C15H19ClN2S2. The van der Waals surface area contributed by atoms with Crippen molar-refractivity contribution in [3.05, 3.63) is 23.2 Å². The minimum Gasteiger partial charge on any atom is -0.360 e. The van der Waals surface area contributed by atoms with E-state index in [0.717, 1.165) is 22.2 Å². The van der Waals surface area contributed by atoms with Gasteiger partial charge in [0.25, 0.3) is 0 Å². The predicted octanol–water partition coefficient (Wildman–Crippen LogP) is 5.43. The summed E-state index contributed by atoms with van der Waals surface area (Å²) in [7, 11) is 0. The zero-order chi connectivity index (χ0) is 14.0.